The lowest BCUT2D eigenvalue weighted by Gasteiger charge is -2.20. The van der Waals surface area contributed by atoms with E-state index in [0.29, 0.717) is 11.7 Å². The summed E-state index contributed by atoms with van der Waals surface area (Å²) in [4.78, 5) is 19.1. The van der Waals surface area contributed by atoms with Crippen molar-refractivity contribution in [1.82, 2.24) is 14.8 Å². The van der Waals surface area contributed by atoms with Crippen LogP contribution in [-0.2, 0) is 6.54 Å². The van der Waals surface area contributed by atoms with Crippen molar-refractivity contribution >= 4 is 22.2 Å². The molecule has 0 aliphatic rings. The van der Waals surface area contributed by atoms with Gasteiger partial charge < -0.3 is 4.90 Å². The molecule has 2 aromatic heterocycles. The molecule has 0 spiro atoms. The Balaban J connectivity index is 2.19. The Morgan fingerprint density at radius 3 is 2.70 bits per heavy atom. The highest BCUT2D eigenvalue weighted by Gasteiger charge is 2.07. The van der Waals surface area contributed by atoms with E-state index in [2.05, 4.69) is 20.4 Å². The first kappa shape index (κ1) is 14.5. The van der Waals surface area contributed by atoms with Gasteiger partial charge in [-0.2, -0.15) is 5.10 Å². The third-order valence-electron chi connectivity index (χ3n) is 2.97. The molecule has 0 aliphatic carbocycles. The maximum Gasteiger partial charge on any atom is 0.269 e. The summed E-state index contributed by atoms with van der Waals surface area (Å²) >= 11 is 1.40. The van der Waals surface area contributed by atoms with Crippen LogP contribution < -0.4 is 21.7 Å². The van der Waals surface area contributed by atoms with Crippen molar-refractivity contribution < 1.29 is 0 Å². The van der Waals surface area contributed by atoms with Gasteiger partial charge in [-0.15, -0.1) is 0 Å². The molecule has 0 saturated heterocycles. The molecule has 2 heterocycles. The number of nitrogens with two attached hydrogens (primary N) is 1. The molecule has 0 atom stereocenters. The second kappa shape index (κ2) is 6.49. The minimum Gasteiger partial charge on any atom is -0.371 e. The Kier molecular flexibility index (Phi) is 4.70. The second-order valence-corrected chi connectivity index (χ2v) is 5.27. The van der Waals surface area contributed by atoms with Gasteiger partial charge in [0, 0.05) is 30.2 Å². The summed E-state index contributed by atoms with van der Waals surface area (Å²) in [7, 11) is 0. The highest BCUT2D eigenvalue weighted by atomic mass is 32.1. The fourth-order valence-corrected chi connectivity index (χ4v) is 2.60. The van der Waals surface area contributed by atoms with Gasteiger partial charge in [-0.25, -0.2) is 15.5 Å². The molecule has 3 N–H and O–H groups in total. The number of hydrogen-bond donors (Lipinski definition) is 2. The smallest absolute Gasteiger partial charge is 0.269 e. The Morgan fingerprint density at radius 1 is 1.40 bits per heavy atom. The third kappa shape index (κ3) is 3.14. The molecule has 20 heavy (non-hydrogen) atoms. The highest BCUT2D eigenvalue weighted by Crippen LogP contribution is 2.17. The highest BCUT2D eigenvalue weighted by molar-refractivity contribution is 7.15. The van der Waals surface area contributed by atoms with Crippen LogP contribution in [0, 0.1) is 0 Å². The lowest BCUT2D eigenvalue weighted by Crippen LogP contribution is -2.27. The van der Waals surface area contributed by atoms with E-state index < -0.39 is 0 Å². The summed E-state index contributed by atoms with van der Waals surface area (Å²) < 4.78 is 1.42. The van der Waals surface area contributed by atoms with Crippen molar-refractivity contribution in [3.8, 4) is 0 Å². The van der Waals surface area contributed by atoms with Crippen molar-refractivity contribution in [2.24, 2.45) is 5.84 Å². The van der Waals surface area contributed by atoms with Crippen LogP contribution in [0.3, 0.4) is 0 Å². The van der Waals surface area contributed by atoms with Crippen LogP contribution in [0.25, 0.3) is 0 Å². The first-order valence-corrected chi connectivity index (χ1v) is 7.23. The molecule has 0 radical (unpaired) electrons. The van der Waals surface area contributed by atoms with Crippen LogP contribution in [0.2, 0.25) is 0 Å². The van der Waals surface area contributed by atoms with Crippen LogP contribution in [-0.4, -0.2) is 27.9 Å². The van der Waals surface area contributed by atoms with Gasteiger partial charge in [-0.1, -0.05) is 11.3 Å². The predicted octanol–water partition coefficient (Wildman–Crippen LogP) is 0.880. The van der Waals surface area contributed by atoms with Gasteiger partial charge in [0.05, 0.1) is 18.4 Å². The molecule has 0 unspecified atom stereocenters. The normalized spacial score (nSPS) is 10.6. The zero-order valence-electron chi connectivity index (χ0n) is 11.5. The van der Waals surface area contributed by atoms with Crippen molar-refractivity contribution in [2.45, 2.75) is 20.4 Å². The molecule has 0 saturated carbocycles. The number of nitrogens with zero attached hydrogens (tertiary/aromatic N) is 4. The molecule has 2 rings (SSSR count). The monoisotopic (exact) mass is 294 g/mol. The Labute approximate surface area is 121 Å². The fraction of sp³-hybridized carbons (Fsp3) is 0.417. The first-order valence-electron chi connectivity index (χ1n) is 6.41. The lowest BCUT2D eigenvalue weighted by atomic mass is 10.4. The number of thiazole rings is 1. The number of nitrogen functional groups attached to an aromatic ring is 1. The van der Waals surface area contributed by atoms with E-state index >= 15 is 0 Å². The van der Waals surface area contributed by atoms with E-state index in [0.717, 1.165) is 23.7 Å². The number of anilines is 2. The molecule has 0 fully saturated rings. The summed E-state index contributed by atoms with van der Waals surface area (Å²) in [5.74, 6) is 5.28. The van der Waals surface area contributed by atoms with Crippen LogP contribution in [0.15, 0.2) is 23.3 Å². The maximum atomic E-state index is 12.1. The van der Waals surface area contributed by atoms with Gasteiger partial charge in [0.15, 0.2) is 5.13 Å². The summed E-state index contributed by atoms with van der Waals surface area (Å²) in [6.07, 6.45) is 3.41. The Bertz CT molecular complexity index is 618. The molecule has 0 amide bonds. The van der Waals surface area contributed by atoms with Crippen LogP contribution >= 0.6 is 11.3 Å². The molecular formula is C12H18N6OS. The number of nitrogens with one attached hydrogen (secondary N) is 1. The Hall–Kier alpha value is -1.93. The van der Waals surface area contributed by atoms with E-state index in [9.17, 15) is 4.79 Å². The zero-order chi connectivity index (χ0) is 14.5. The van der Waals surface area contributed by atoms with Crippen LogP contribution in [0.4, 0.5) is 10.8 Å². The van der Waals surface area contributed by atoms with Gasteiger partial charge in [-0.3, -0.25) is 10.2 Å². The number of aromatic nitrogens is 3. The Morgan fingerprint density at radius 2 is 2.15 bits per heavy atom. The van der Waals surface area contributed by atoms with Crippen molar-refractivity contribution in [3.63, 3.8) is 0 Å². The van der Waals surface area contributed by atoms with Crippen LogP contribution in [0.5, 0.6) is 0 Å². The maximum absolute atomic E-state index is 12.1. The topological polar surface area (TPSA) is 89.1 Å². The second-order valence-electron chi connectivity index (χ2n) is 4.16. The fourth-order valence-electron chi connectivity index (χ4n) is 1.90. The van der Waals surface area contributed by atoms with Gasteiger partial charge in [0.2, 0.25) is 0 Å². The summed E-state index contributed by atoms with van der Waals surface area (Å²) in [6, 6.07) is 1.61. The lowest BCUT2D eigenvalue weighted by molar-refractivity contribution is 0.642. The standard InChI is InChI=1S/C12H18N6OS/c1-3-17(4-2)9-5-11(19)18(15-6-9)8-10-7-14-12(16-13)20-10/h5-7H,3-4,8,13H2,1-2H3,(H,14,16). The average molecular weight is 294 g/mol. The van der Waals surface area contributed by atoms with Crippen LogP contribution in [0.1, 0.15) is 18.7 Å². The van der Waals surface area contributed by atoms with Gasteiger partial charge in [0.25, 0.3) is 5.56 Å². The minimum atomic E-state index is -0.120. The van der Waals surface area contributed by atoms with E-state index in [4.69, 9.17) is 5.84 Å². The van der Waals surface area contributed by atoms with E-state index in [-0.39, 0.29) is 5.56 Å². The largest absolute Gasteiger partial charge is 0.371 e. The van der Waals surface area contributed by atoms with Crippen molar-refractivity contribution in [1.29, 1.82) is 0 Å². The quantitative estimate of drug-likeness (QED) is 0.607. The molecule has 8 heteroatoms. The summed E-state index contributed by atoms with van der Waals surface area (Å²) in [5.41, 5.74) is 3.21. The number of rotatable bonds is 6. The van der Waals surface area contributed by atoms with Gasteiger partial charge in [0.1, 0.15) is 0 Å². The molecule has 108 valence electrons. The first-order chi connectivity index (χ1) is 9.67. The van der Waals surface area contributed by atoms with Gasteiger partial charge >= 0.3 is 0 Å². The molecule has 0 aromatic carbocycles. The number of hydrazine groups is 1. The minimum absolute atomic E-state index is 0.120. The molecular weight excluding hydrogens is 276 g/mol. The van der Waals surface area contributed by atoms with Gasteiger partial charge in [-0.05, 0) is 13.8 Å². The van der Waals surface area contributed by atoms with E-state index in [1.54, 1.807) is 18.5 Å². The van der Waals surface area contributed by atoms with Crippen molar-refractivity contribution in [2.75, 3.05) is 23.4 Å². The average Bonchev–Trinajstić information content (AvgIpc) is 2.91. The summed E-state index contributed by atoms with van der Waals surface area (Å²) in [6.45, 7) is 6.20. The molecule has 2 aromatic rings. The third-order valence-corrected chi connectivity index (χ3v) is 3.88. The SMILES string of the molecule is CCN(CC)c1cnn(Cc2cnc(NN)s2)c(=O)c1. The number of hydrogen-bond acceptors (Lipinski definition) is 7. The molecule has 0 aliphatic heterocycles. The summed E-state index contributed by atoms with van der Waals surface area (Å²) in [5, 5.41) is 4.83. The zero-order valence-corrected chi connectivity index (χ0v) is 12.4. The predicted molar refractivity (Wildman–Crippen MR) is 81.1 cm³/mol. The molecule has 0 bridgehead atoms. The van der Waals surface area contributed by atoms with E-state index in [1.165, 1.54) is 16.0 Å². The van der Waals surface area contributed by atoms with E-state index in [1.807, 2.05) is 13.8 Å². The van der Waals surface area contributed by atoms with Crippen molar-refractivity contribution in [3.05, 3.63) is 33.7 Å². The molecule has 7 nitrogen and oxygen atoms in total.